The van der Waals surface area contributed by atoms with Gasteiger partial charge in [0.2, 0.25) is 0 Å². The Balaban J connectivity index is 2.28. The Hall–Kier alpha value is -2.37. The molecule has 2 aromatic rings. The van der Waals surface area contributed by atoms with Gasteiger partial charge in [0.05, 0.1) is 24.2 Å². The largest absolute Gasteiger partial charge is 0.493 e. The zero-order chi connectivity index (χ0) is 15.4. The number of ether oxygens (including phenoxy) is 1. The molecular weight excluding hydrogens is 277 g/mol. The third kappa shape index (κ3) is 3.21. The second-order valence-electron chi connectivity index (χ2n) is 4.76. The molecule has 6 heteroatoms. The summed E-state index contributed by atoms with van der Waals surface area (Å²) in [4.78, 5) is 10.4. The maximum absolute atomic E-state index is 14.2. The molecule has 0 spiro atoms. The van der Waals surface area contributed by atoms with Gasteiger partial charge < -0.3 is 14.3 Å². The molecule has 1 aromatic heterocycles. The molecule has 0 amide bonds. The van der Waals surface area contributed by atoms with Crippen molar-refractivity contribution in [3.05, 3.63) is 29.8 Å². The molecule has 3 N–H and O–H groups in total. The highest BCUT2D eigenvalue weighted by Gasteiger charge is 2.20. The van der Waals surface area contributed by atoms with Crippen LogP contribution in [0.5, 0.6) is 5.75 Å². The summed E-state index contributed by atoms with van der Waals surface area (Å²) in [6.45, 7) is 1.97. The minimum absolute atomic E-state index is 0.00820. The Kier molecular flexibility index (Phi) is 4.57. The minimum Gasteiger partial charge on any atom is -0.493 e. The van der Waals surface area contributed by atoms with Gasteiger partial charge >= 0.3 is 5.97 Å². The van der Waals surface area contributed by atoms with Crippen LogP contribution in [0, 0.1) is 5.82 Å². The summed E-state index contributed by atoms with van der Waals surface area (Å²) in [6.07, 6.45) is 3.22. The molecule has 1 aromatic carbocycles. The topological polar surface area (TPSA) is 85.3 Å². The first-order valence-corrected chi connectivity index (χ1v) is 6.63. The average Bonchev–Trinajstić information content (AvgIpc) is 2.91. The quantitative estimate of drug-likeness (QED) is 0.602. The molecule has 0 aliphatic carbocycles. The van der Waals surface area contributed by atoms with Crippen molar-refractivity contribution in [2.24, 2.45) is 0 Å². The van der Waals surface area contributed by atoms with Gasteiger partial charge in [0.25, 0.3) is 0 Å². The first kappa shape index (κ1) is 15.0. The van der Waals surface area contributed by atoms with Crippen LogP contribution < -0.4 is 10.1 Å². The molecule has 0 saturated carbocycles. The molecule has 0 aliphatic rings. The first-order valence-electron chi connectivity index (χ1n) is 6.63. The molecule has 0 bridgehead atoms. The van der Waals surface area contributed by atoms with Gasteiger partial charge in [-0.05, 0) is 19.4 Å². The SMILES string of the molecule is CC(C=[NH2+])c1c(F)cc(OCCCC(=O)O)c2ccoc12. The highest BCUT2D eigenvalue weighted by atomic mass is 19.1. The lowest BCUT2D eigenvalue weighted by Gasteiger charge is -2.11. The van der Waals surface area contributed by atoms with Gasteiger partial charge in [0.15, 0.2) is 0 Å². The lowest BCUT2D eigenvalue weighted by molar-refractivity contribution is -0.137. The Morgan fingerprint density at radius 1 is 1.62 bits per heavy atom. The van der Waals surface area contributed by atoms with E-state index in [4.69, 9.17) is 19.7 Å². The third-order valence-corrected chi connectivity index (χ3v) is 3.23. The van der Waals surface area contributed by atoms with Crippen molar-refractivity contribution < 1.29 is 28.9 Å². The normalized spacial score (nSPS) is 12.3. The smallest absolute Gasteiger partial charge is 0.303 e. The number of halogens is 1. The van der Waals surface area contributed by atoms with E-state index >= 15 is 0 Å². The van der Waals surface area contributed by atoms with Crippen LogP contribution in [0.4, 0.5) is 4.39 Å². The van der Waals surface area contributed by atoms with E-state index in [9.17, 15) is 9.18 Å². The van der Waals surface area contributed by atoms with E-state index < -0.39 is 11.8 Å². The maximum Gasteiger partial charge on any atom is 0.303 e. The molecule has 0 saturated heterocycles. The van der Waals surface area contributed by atoms with Crippen LogP contribution in [0.25, 0.3) is 11.0 Å². The number of carboxylic acids is 1. The van der Waals surface area contributed by atoms with E-state index in [1.807, 2.05) is 0 Å². The van der Waals surface area contributed by atoms with Crippen LogP contribution in [0.2, 0.25) is 0 Å². The molecule has 0 fully saturated rings. The Morgan fingerprint density at radius 3 is 3.05 bits per heavy atom. The molecule has 1 heterocycles. The number of rotatable bonds is 7. The number of aliphatic carboxylic acids is 1. The molecule has 1 unspecified atom stereocenters. The lowest BCUT2D eigenvalue weighted by atomic mass is 9.99. The van der Waals surface area contributed by atoms with Gasteiger partial charge in [-0.2, -0.15) is 0 Å². The van der Waals surface area contributed by atoms with Crippen molar-refractivity contribution in [1.29, 1.82) is 0 Å². The molecule has 21 heavy (non-hydrogen) atoms. The number of furan rings is 1. The first-order chi connectivity index (χ1) is 10.0. The second kappa shape index (κ2) is 6.39. The number of carbonyl (C=O) groups is 1. The Labute approximate surface area is 120 Å². The van der Waals surface area contributed by atoms with Crippen LogP contribution in [0.1, 0.15) is 31.2 Å². The maximum atomic E-state index is 14.2. The number of nitrogens with two attached hydrogens (primary N) is 1. The van der Waals surface area contributed by atoms with Gasteiger partial charge in [-0.15, -0.1) is 0 Å². The fourth-order valence-electron chi connectivity index (χ4n) is 2.14. The Bertz CT molecular complexity index is 665. The van der Waals surface area contributed by atoms with E-state index in [-0.39, 0.29) is 18.9 Å². The number of hydrogen-bond acceptors (Lipinski definition) is 3. The highest BCUT2D eigenvalue weighted by Crippen LogP contribution is 2.35. The van der Waals surface area contributed by atoms with Gasteiger partial charge in [0, 0.05) is 18.1 Å². The number of carboxylic acid groups (broad SMARTS) is 1. The van der Waals surface area contributed by atoms with E-state index in [1.165, 1.54) is 18.5 Å². The van der Waals surface area contributed by atoms with Gasteiger partial charge in [-0.3, -0.25) is 10.2 Å². The third-order valence-electron chi connectivity index (χ3n) is 3.23. The summed E-state index contributed by atoms with van der Waals surface area (Å²) in [7, 11) is 0. The summed E-state index contributed by atoms with van der Waals surface area (Å²) >= 11 is 0. The van der Waals surface area contributed by atoms with Crippen molar-refractivity contribution in [2.45, 2.75) is 25.7 Å². The van der Waals surface area contributed by atoms with Crippen LogP contribution >= 0.6 is 0 Å². The van der Waals surface area contributed by atoms with E-state index in [0.717, 1.165) is 0 Å². The fraction of sp³-hybridized carbons (Fsp3) is 0.333. The second-order valence-corrected chi connectivity index (χ2v) is 4.76. The number of benzene rings is 1. The molecule has 0 radical (unpaired) electrons. The number of hydrogen-bond donors (Lipinski definition) is 2. The molecule has 112 valence electrons. The average molecular weight is 294 g/mol. The standard InChI is InChI=1S/C15H16FNO4/c1-9(8-17)14-11(16)7-12(10-4-6-21-15(10)14)20-5-2-3-13(18)19/h4,6-9,17H,2-3,5H2,1H3,(H,18,19)/p+1. The van der Waals surface area contributed by atoms with E-state index in [2.05, 4.69) is 0 Å². The summed E-state index contributed by atoms with van der Waals surface area (Å²) in [5.74, 6) is -1.30. The van der Waals surface area contributed by atoms with Gasteiger partial charge in [-0.1, -0.05) is 0 Å². The Morgan fingerprint density at radius 2 is 2.38 bits per heavy atom. The molecule has 5 nitrogen and oxygen atoms in total. The van der Waals surface area contributed by atoms with Crippen LogP contribution in [0.3, 0.4) is 0 Å². The van der Waals surface area contributed by atoms with Crippen molar-refractivity contribution in [3.8, 4) is 5.75 Å². The molecular formula is C15H17FNO4+. The number of fused-ring (bicyclic) bond motifs is 1. The molecule has 1 atom stereocenters. The van der Waals surface area contributed by atoms with E-state index in [1.54, 1.807) is 13.0 Å². The monoisotopic (exact) mass is 294 g/mol. The van der Waals surface area contributed by atoms with Gasteiger partial charge in [-0.25, -0.2) is 4.39 Å². The zero-order valence-corrected chi connectivity index (χ0v) is 11.6. The van der Waals surface area contributed by atoms with Crippen molar-refractivity contribution in [3.63, 3.8) is 0 Å². The highest BCUT2D eigenvalue weighted by molar-refractivity contribution is 5.89. The fourth-order valence-corrected chi connectivity index (χ4v) is 2.14. The predicted octanol–water partition coefficient (Wildman–Crippen LogP) is 1.75. The molecule has 2 rings (SSSR count). The van der Waals surface area contributed by atoms with Gasteiger partial charge in [0.1, 0.15) is 23.4 Å². The van der Waals surface area contributed by atoms with E-state index in [0.29, 0.717) is 28.7 Å². The molecule has 0 aliphatic heterocycles. The lowest BCUT2D eigenvalue weighted by Crippen LogP contribution is -2.32. The summed E-state index contributed by atoms with van der Waals surface area (Å²) in [6, 6.07) is 2.97. The minimum atomic E-state index is -0.888. The van der Waals surface area contributed by atoms with Crippen LogP contribution in [0.15, 0.2) is 22.8 Å². The van der Waals surface area contributed by atoms with Crippen molar-refractivity contribution in [2.75, 3.05) is 6.61 Å². The predicted molar refractivity (Wildman–Crippen MR) is 74.9 cm³/mol. The summed E-state index contributed by atoms with van der Waals surface area (Å²) < 4.78 is 25.0. The van der Waals surface area contributed by atoms with Crippen molar-refractivity contribution in [1.82, 2.24) is 0 Å². The summed E-state index contributed by atoms with van der Waals surface area (Å²) in [5, 5.41) is 14.7. The zero-order valence-electron chi connectivity index (χ0n) is 11.6. The summed E-state index contributed by atoms with van der Waals surface area (Å²) in [5.41, 5.74) is 0.785. The van der Waals surface area contributed by atoms with Crippen LogP contribution in [-0.4, -0.2) is 23.9 Å². The van der Waals surface area contributed by atoms with Crippen LogP contribution in [-0.2, 0) is 4.79 Å². The van der Waals surface area contributed by atoms with Crippen molar-refractivity contribution >= 4 is 23.2 Å².